The molecule has 0 aliphatic rings. The van der Waals surface area contributed by atoms with E-state index >= 15 is 0 Å². The Morgan fingerprint density at radius 1 is 1.36 bits per heavy atom. The number of halogens is 2. The van der Waals surface area contributed by atoms with Crippen LogP contribution in [0.3, 0.4) is 0 Å². The maximum absolute atomic E-state index is 5.98. The van der Waals surface area contributed by atoms with Crippen LogP contribution in [0, 0.1) is 5.41 Å². The van der Waals surface area contributed by atoms with Crippen molar-refractivity contribution in [3.05, 3.63) is 22.4 Å². The standard InChI is InChI=1S/C11H16Cl2S/c1-2-11(8-12,9-13)6-5-10-4-3-7-14-10/h3-4,7H,2,5-6,8-9H2,1H3. The molecule has 0 radical (unpaired) electrons. The largest absolute Gasteiger partial charge is 0.149 e. The SMILES string of the molecule is CCC(CCl)(CCl)CCc1cccs1. The van der Waals surface area contributed by atoms with Crippen molar-refractivity contribution in [3.63, 3.8) is 0 Å². The Morgan fingerprint density at radius 3 is 2.50 bits per heavy atom. The van der Waals surface area contributed by atoms with Crippen molar-refractivity contribution in [1.29, 1.82) is 0 Å². The molecule has 0 bridgehead atoms. The number of thiophene rings is 1. The lowest BCUT2D eigenvalue weighted by atomic mass is 9.84. The zero-order valence-electron chi connectivity index (χ0n) is 8.43. The summed E-state index contributed by atoms with van der Waals surface area (Å²) < 4.78 is 0. The summed E-state index contributed by atoms with van der Waals surface area (Å²) in [5.41, 5.74) is 0.132. The first kappa shape index (κ1) is 12.4. The van der Waals surface area contributed by atoms with Crippen LogP contribution < -0.4 is 0 Å². The average Bonchev–Trinajstić information content (AvgIpc) is 2.74. The summed E-state index contributed by atoms with van der Waals surface area (Å²) in [6.07, 6.45) is 3.26. The third kappa shape index (κ3) is 3.15. The molecule has 80 valence electrons. The maximum Gasteiger partial charge on any atom is 0.0291 e. The monoisotopic (exact) mass is 250 g/mol. The van der Waals surface area contributed by atoms with Gasteiger partial charge in [-0.15, -0.1) is 34.5 Å². The molecule has 1 rings (SSSR count). The predicted molar refractivity (Wildman–Crippen MR) is 66.8 cm³/mol. The van der Waals surface area contributed by atoms with Gasteiger partial charge in [0.2, 0.25) is 0 Å². The molecule has 0 saturated heterocycles. The normalized spacial score (nSPS) is 11.9. The van der Waals surface area contributed by atoms with Gasteiger partial charge in [0.05, 0.1) is 0 Å². The first-order chi connectivity index (χ1) is 6.76. The summed E-state index contributed by atoms with van der Waals surface area (Å²) >= 11 is 13.8. The highest BCUT2D eigenvalue weighted by atomic mass is 35.5. The molecule has 0 aliphatic heterocycles. The maximum atomic E-state index is 5.98. The van der Waals surface area contributed by atoms with Gasteiger partial charge in [0.25, 0.3) is 0 Å². The third-order valence-corrected chi connectivity index (χ3v) is 4.87. The fraction of sp³-hybridized carbons (Fsp3) is 0.636. The lowest BCUT2D eigenvalue weighted by molar-refractivity contribution is 0.335. The third-order valence-electron chi connectivity index (χ3n) is 2.80. The summed E-state index contributed by atoms with van der Waals surface area (Å²) in [4.78, 5) is 1.43. The zero-order valence-corrected chi connectivity index (χ0v) is 10.8. The molecular formula is C11H16Cl2S. The topological polar surface area (TPSA) is 0 Å². The molecule has 1 aromatic heterocycles. The van der Waals surface area contributed by atoms with E-state index in [9.17, 15) is 0 Å². The first-order valence-corrected chi connectivity index (χ1v) is 6.85. The summed E-state index contributed by atoms with van der Waals surface area (Å²) in [7, 11) is 0. The van der Waals surface area contributed by atoms with E-state index < -0.39 is 0 Å². The van der Waals surface area contributed by atoms with E-state index in [4.69, 9.17) is 23.2 Å². The number of rotatable bonds is 6. The van der Waals surface area contributed by atoms with Gasteiger partial charge >= 0.3 is 0 Å². The fourth-order valence-electron chi connectivity index (χ4n) is 1.38. The highest BCUT2D eigenvalue weighted by Crippen LogP contribution is 2.31. The summed E-state index contributed by atoms with van der Waals surface area (Å²) in [6.45, 7) is 2.17. The van der Waals surface area contributed by atoms with E-state index in [0.29, 0.717) is 11.8 Å². The number of hydrogen-bond acceptors (Lipinski definition) is 1. The molecule has 0 atom stereocenters. The second kappa shape index (κ2) is 5.99. The van der Waals surface area contributed by atoms with Crippen LogP contribution in [-0.2, 0) is 6.42 Å². The van der Waals surface area contributed by atoms with E-state index in [1.807, 2.05) is 11.3 Å². The molecule has 0 aliphatic carbocycles. The molecule has 0 amide bonds. The molecule has 1 heterocycles. The summed E-state index contributed by atoms with van der Waals surface area (Å²) in [5.74, 6) is 1.33. The van der Waals surface area contributed by atoms with Gasteiger partial charge in [0.15, 0.2) is 0 Å². The molecule has 0 unspecified atom stereocenters. The second-order valence-corrected chi connectivity index (χ2v) is 5.27. The van der Waals surface area contributed by atoms with Crippen LogP contribution in [0.25, 0.3) is 0 Å². The number of aryl methyl sites for hydroxylation is 1. The molecule has 1 aromatic rings. The van der Waals surface area contributed by atoms with Gasteiger partial charge in [-0.25, -0.2) is 0 Å². The highest BCUT2D eigenvalue weighted by molar-refractivity contribution is 7.09. The highest BCUT2D eigenvalue weighted by Gasteiger charge is 2.25. The van der Waals surface area contributed by atoms with Gasteiger partial charge in [-0.1, -0.05) is 13.0 Å². The van der Waals surface area contributed by atoms with Crippen molar-refractivity contribution < 1.29 is 0 Å². The molecule has 0 fully saturated rings. The predicted octanol–water partition coefficient (Wildman–Crippen LogP) is 4.55. The molecule has 14 heavy (non-hydrogen) atoms. The van der Waals surface area contributed by atoms with Crippen molar-refractivity contribution in [2.75, 3.05) is 11.8 Å². The summed E-state index contributed by atoms with van der Waals surface area (Å²) in [5, 5.41) is 2.12. The van der Waals surface area contributed by atoms with Crippen molar-refractivity contribution in [2.45, 2.75) is 26.2 Å². The second-order valence-electron chi connectivity index (χ2n) is 3.70. The van der Waals surface area contributed by atoms with E-state index in [1.165, 1.54) is 4.88 Å². The van der Waals surface area contributed by atoms with Gasteiger partial charge in [-0.2, -0.15) is 0 Å². The van der Waals surface area contributed by atoms with Crippen LogP contribution in [0.15, 0.2) is 17.5 Å². The number of hydrogen-bond donors (Lipinski definition) is 0. The van der Waals surface area contributed by atoms with Crippen LogP contribution in [-0.4, -0.2) is 11.8 Å². The average molecular weight is 251 g/mol. The zero-order chi connectivity index (χ0) is 10.4. The van der Waals surface area contributed by atoms with Gasteiger partial charge in [0, 0.05) is 16.6 Å². The van der Waals surface area contributed by atoms with E-state index in [-0.39, 0.29) is 5.41 Å². The molecule has 0 N–H and O–H groups in total. The molecular weight excluding hydrogens is 235 g/mol. The Bertz CT molecular complexity index is 232. The first-order valence-electron chi connectivity index (χ1n) is 4.90. The van der Waals surface area contributed by atoms with Crippen molar-refractivity contribution in [1.82, 2.24) is 0 Å². The molecule has 0 nitrogen and oxygen atoms in total. The Labute approximate surface area is 100 Å². The minimum absolute atomic E-state index is 0.132. The smallest absolute Gasteiger partial charge is 0.0291 e. The lowest BCUT2D eigenvalue weighted by Crippen LogP contribution is -2.24. The minimum Gasteiger partial charge on any atom is -0.149 e. The Morgan fingerprint density at radius 2 is 2.07 bits per heavy atom. The van der Waals surface area contributed by atoms with Crippen molar-refractivity contribution in [3.8, 4) is 0 Å². The van der Waals surface area contributed by atoms with Crippen molar-refractivity contribution in [2.24, 2.45) is 5.41 Å². The Hall–Kier alpha value is 0.280. The lowest BCUT2D eigenvalue weighted by Gasteiger charge is -2.27. The Kier molecular flexibility index (Phi) is 5.29. The van der Waals surface area contributed by atoms with E-state index in [2.05, 4.69) is 24.4 Å². The van der Waals surface area contributed by atoms with Crippen molar-refractivity contribution >= 4 is 34.5 Å². The summed E-state index contributed by atoms with van der Waals surface area (Å²) in [6, 6.07) is 4.27. The van der Waals surface area contributed by atoms with Gasteiger partial charge in [-0.05, 0) is 36.1 Å². The van der Waals surface area contributed by atoms with Crippen LogP contribution in [0.5, 0.6) is 0 Å². The van der Waals surface area contributed by atoms with Crippen LogP contribution in [0.2, 0.25) is 0 Å². The van der Waals surface area contributed by atoms with E-state index in [0.717, 1.165) is 19.3 Å². The fourth-order valence-corrected chi connectivity index (χ4v) is 3.02. The minimum atomic E-state index is 0.132. The molecule has 0 aromatic carbocycles. The molecule has 3 heteroatoms. The molecule has 0 spiro atoms. The van der Waals surface area contributed by atoms with Gasteiger partial charge in [0.1, 0.15) is 0 Å². The van der Waals surface area contributed by atoms with Crippen LogP contribution in [0.1, 0.15) is 24.6 Å². The Balaban J connectivity index is 2.48. The van der Waals surface area contributed by atoms with Gasteiger partial charge in [-0.3, -0.25) is 0 Å². The van der Waals surface area contributed by atoms with E-state index in [1.54, 1.807) is 0 Å². The van der Waals surface area contributed by atoms with Crippen LogP contribution in [0.4, 0.5) is 0 Å². The molecule has 0 saturated carbocycles. The van der Waals surface area contributed by atoms with Gasteiger partial charge < -0.3 is 0 Å². The quantitative estimate of drug-likeness (QED) is 0.650. The number of alkyl halides is 2. The van der Waals surface area contributed by atoms with Crippen LogP contribution >= 0.6 is 34.5 Å².